The number of Topliss-reactive ketones (excluding diaryl/α,β-unsaturated/α-hetero) is 1. The second-order valence-electron chi connectivity index (χ2n) is 5.37. The molecule has 106 valence electrons. The topological polar surface area (TPSA) is 70.7 Å². The molecule has 1 saturated heterocycles. The highest BCUT2D eigenvalue weighted by Gasteiger charge is 2.53. The van der Waals surface area contributed by atoms with Gasteiger partial charge in [0.15, 0.2) is 17.3 Å². The van der Waals surface area contributed by atoms with Gasteiger partial charge in [0.05, 0.1) is 11.8 Å². The molecule has 21 heavy (non-hydrogen) atoms. The standard InChI is InChI=1S/C15H14N4O2/c1-18-13-11(9-16-18)12(20)15(21)7-8-19(14(15)17-13)10-5-3-2-4-6-10/h2-6,9,21H,7-8H2,1H3. The van der Waals surface area contributed by atoms with Gasteiger partial charge in [0.2, 0.25) is 5.78 Å². The van der Waals surface area contributed by atoms with E-state index in [4.69, 9.17) is 0 Å². The number of aliphatic imine (C=N–C) groups is 1. The van der Waals surface area contributed by atoms with Gasteiger partial charge in [-0.2, -0.15) is 5.10 Å². The lowest BCUT2D eigenvalue weighted by Crippen LogP contribution is -2.48. The third-order valence-electron chi connectivity index (χ3n) is 4.13. The van der Waals surface area contributed by atoms with Crippen molar-refractivity contribution < 1.29 is 9.90 Å². The molecule has 2 aliphatic rings. The molecule has 1 atom stereocenters. The molecule has 2 aliphatic heterocycles. The maximum atomic E-state index is 12.6. The summed E-state index contributed by atoms with van der Waals surface area (Å²) < 4.78 is 1.56. The van der Waals surface area contributed by atoms with Gasteiger partial charge in [-0.15, -0.1) is 0 Å². The Morgan fingerprint density at radius 1 is 1.29 bits per heavy atom. The summed E-state index contributed by atoms with van der Waals surface area (Å²) in [7, 11) is 1.74. The first-order valence-electron chi connectivity index (χ1n) is 6.82. The van der Waals surface area contributed by atoms with E-state index in [1.165, 1.54) is 6.20 Å². The maximum Gasteiger partial charge on any atom is 0.207 e. The molecule has 0 radical (unpaired) electrons. The normalized spacial score (nSPS) is 23.8. The van der Waals surface area contributed by atoms with Gasteiger partial charge in [-0.1, -0.05) is 18.2 Å². The van der Waals surface area contributed by atoms with E-state index in [-0.39, 0.29) is 5.78 Å². The number of carbonyl (C=O) groups excluding carboxylic acids is 1. The number of aryl methyl sites for hydroxylation is 1. The zero-order valence-electron chi connectivity index (χ0n) is 11.5. The van der Waals surface area contributed by atoms with Crippen molar-refractivity contribution >= 4 is 23.1 Å². The van der Waals surface area contributed by atoms with Gasteiger partial charge in [-0.25, -0.2) is 4.99 Å². The number of rotatable bonds is 1. The summed E-state index contributed by atoms with van der Waals surface area (Å²) in [4.78, 5) is 19.0. The Morgan fingerprint density at radius 3 is 2.81 bits per heavy atom. The van der Waals surface area contributed by atoms with E-state index in [2.05, 4.69) is 10.1 Å². The van der Waals surface area contributed by atoms with Gasteiger partial charge in [-0.05, 0) is 12.1 Å². The Bertz CT molecular complexity index is 765. The number of anilines is 1. The summed E-state index contributed by atoms with van der Waals surface area (Å²) in [5.41, 5.74) is -0.226. The van der Waals surface area contributed by atoms with Crippen LogP contribution in [0.2, 0.25) is 0 Å². The zero-order chi connectivity index (χ0) is 14.6. The number of hydrogen-bond acceptors (Lipinski definition) is 5. The number of para-hydroxylation sites is 1. The first-order chi connectivity index (χ1) is 10.1. The molecule has 3 heterocycles. The van der Waals surface area contributed by atoms with Crippen molar-refractivity contribution in [2.24, 2.45) is 12.0 Å². The molecule has 0 spiro atoms. The van der Waals surface area contributed by atoms with E-state index >= 15 is 0 Å². The maximum absolute atomic E-state index is 12.6. The molecule has 2 aromatic rings. The third-order valence-corrected chi connectivity index (χ3v) is 4.13. The van der Waals surface area contributed by atoms with Crippen LogP contribution in [0.4, 0.5) is 11.5 Å². The van der Waals surface area contributed by atoms with Crippen molar-refractivity contribution in [3.63, 3.8) is 0 Å². The van der Waals surface area contributed by atoms with Crippen molar-refractivity contribution in [1.29, 1.82) is 0 Å². The Kier molecular flexibility index (Phi) is 2.35. The van der Waals surface area contributed by atoms with E-state index in [1.807, 2.05) is 35.2 Å². The highest BCUT2D eigenvalue weighted by atomic mass is 16.3. The van der Waals surface area contributed by atoms with Gasteiger partial charge in [0.1, 0.15) is 0 Å². The first-order valence-corrected chi connectivity index (χ1v) is 6.82. The third kappa shape index (κ3) is 1.53. The van der Waals surface area contributed by atoms with E-state index in [0.29, 0.717) is 30.2 Å². The average Bonchev–Trinajstić information content (AvgIpc) is 3.03. The predicted molar refractivity (Wildman–Crippen MR) is 78.0 cm³/mol. The number of ketones is 1. The number of amidine groups is 1. The van der Waals surface area contributed by atoms with E-state index in [0.717, 1.165) is 5.69 Å². The molecule has 1 unspecified atom stereocenters. The predicted octanol–water partition coefficient (Wildman–Crippen LogP) is 1.29. The summed E-state index contributed by atoms with van der Waals surface area (Å²) in [6.07, 6.45) is 1.81. The Morgan fingerprint density at radius 2 is 2.05 bits per heavy atom. The quantitative estimate of drug-likeness (QED) is 0.855. The monoisotopic (exact) mass is 282 g/mol. The zero-order valence-corrected chi connectivity index (χ0v) is 11.5. The average molecular weight is 282 g/mol. The highest BCUT2D eigenvalue weighted by Crippen LogP contribution is 2.38. The first kappa shape index (κ1) is 12.3. The number of hydrogen-bond donors (Lipinski definition) is 1. The van der Waals surface area contributed by atoms with Crippen molar-refractivity contribution in [2.45, 2.75) is 12.0 Å². The molecule has 1 N–H and O–H groups in total. The van der Waals surface area contributed by atoms with Crippen LogP contribution in [0.1, 0.15) is 16.8 Å². The summed E-state index contributed by atoms with van der Waals surface area (Å²) in [6.45, 7) is 0.562. The molecule has 4 rings (SSSR count). The van der Waals surface area contributed by atoms with Crippen molar-refractivity contribution in [1.82, 2.24) is 9.78 Å². The van der Waals surface area contributed by atoms with Crippen molar-refractivity contribution in [2.75, 3.05) is 11.4 Å². The summed E-state index contributed by atoms with van der Waals surface area (Å²) in [6, 6.07) is 9.66. The Labute approximate surface area is 121 Å². The van der Waals surface area contributed by atoms with Gasteiger partial charge in [0, 0.05) is 25.7 Å². The van der Waals surface area contributed by atoms with Crippen LogP contribution in [-0.4, -0.2) is 38.7 Å². The summed E-state index contributed by atoms with van der Waals surface area (Å²) in [5, 5.41) is 14.9. The number of carbonyl (C=O) groups is 1. The molecular weight excluding hydrogens is 268 g/mol. The second-order valence-corrected chi connectivity index (χ2v) is 5.37. The largest absolute Gasteiger partial charge is 0.374 e. The van der Waals surface area contributed by atoms with Gasteiger partial charge in [0.25, 0.3) is 0 Å². The lowest BCUT2D eigenvalue weighted by Gasteiger charge is -2.28. The van der Waals surface area contributed by atoms with E-state index in [1.54, 1.807) is 11.7 Å². The van der Waals surface area contributed by atoms with Crippen LogP contribution in [0.25, 0.3) is 0 Å². The van der Waals surface area contributed by atoms with Crippen LogP contribution in [0.3, 0.4) is 0 Å². The van der Waals surface area contributed by atoms with Gasteiger partial charge >= 0.3 is 0 Å². The molecule has 1 aromatic carbocycles. The van der Waals surface area contributed by atoms with Crippen LogP contribution in [0.5, 0.6) is 0 Å². The fourth-order valence-electron chi connectivity index (χ4n) is 2.99. The van der Waals surface area contributed by atoms with Crippen LogP contribution in [0.15, 0.2) is 41.5 Å². The van der Waals surface area contributed by atoms with Gasteiger partial charge < -0.3 is 10.0 Å². The lowest BCUT2D eigenvalue weighted by molar-refractivity contribution is 0.0602. The smallest absolute Gasteiger partial charge is 0.207 e. The fraction of sp³-hybridized carbons (Fsp3) is 0.267. The molecule has 0 bridgehead atoms. The molecule has 0 saturated carbocycles. The molecule has 6 nitrogen and oxygen atoms in total. The van der Waals surface area contributed by atoms with Crippen molar-refractivity contribution in [3.05, 3.63) is 42.1 Å². The highest BCUT2D eigenvalue weighted by molar-refractivity contribution is 6.28. The molecule has 1 fully saturated rings. The van der Waals surface area contributed by atoms with Crippen LogP contribution in [-0.2, 0) is 7.05 Å². The van der Waals surface area contributed by atoms with Gasteiger partial charge in [-0.3, -0.25) is 9.48 Å². The van der Waals surface area contributed by atoms with Crippen LogP contribution < -0.4 is 4.90 Å². The number of fused-ring (bicyclic) bond motifs is 2. The SMILES string of the molecule is Cn1ncc2c1N=C1N(c3ccccc3)CCC1(O)C2=O. The molecular formula is C15H14N4O2. The Hall–Kier alpha value is -2.47. The molecule has 0 aliphatic carbocycles. The fourth-order valence-corrected chi connectivity index (χ4v) is 2.99. The molecule has 1 aromatic heterocycles. The molecule has 0 amide bonds. The summed E-state index contributed by atoms with van der Waals surface area (Å²) in [5.74, 6) is 0.589. The van der Waals surface area contributed by atoms with Crippen LogP contribution >= 0.6 is 0 Å². The lowest BCUT2D eigenvalue weighted by atomic mass is 9.90. The minimum absolute atomic E-state index is 0.311. The minimum atomic E-state index is -1.54. The number of aliphatic hydroxyl groups is 1. The Balaban J connectivity index is 1.89. The molecule has 6 heteroatoms. The van der Waals surface area contributed by atoms with Crippen LogP contribution in [0, 0.1) is 0 Å². The number of aromatic nitrogens is 2. The van der Waals surface area contributed by atoms with E-state index < -0.39 is 5.60 Å². The second kappa shape index (κ2) is 4.02. The van der Waals surface area contributed by atoms with E-state index in [9.17, 15) is 9.90 Å². The van der Waals surface area contributed by atoms with Crippen molar-refractivity contribution in [3.8, 4) is 0 Å². The number of benzene rings is 1. The number of nitrogens with zero attached hydrogens (tertiary/aromatic N) is 4. The minimum Gasteiger partial charge on any atom is -0.374 e. The summed E-state index contributed by atoms with van der Waals surface area (Å²) >= 11 is 0.